The first-order valence-corrected chi connectivity index (χ1v) is 11.0. The Morgan fingerprint density at radius 1 is 1.06 bits per heavy atom. The Morgan fingerprint density at radius 3 is 2.34 bits per heavy atom. The standard InChI is InChI=1S/C25H25ClN2O4/c1-31-21-14-8-17(9-15-21)23(24(29)27-19-5-2-3-6-19)28(20-12-10-18(26)11-13-20)25(30)22-7-4-16-32-22/h4,7-16,19,23H,2-3,5-6H2,1H3,(H,27,29)/t23-/m1/s1. The van der Waals surface area contributed by atoms with Gasteiger partial charge >= 0.3 is 0 Å². The summed E-state index contributed by atoms with van der Waals surface area (Å²) in [6.45, 7) is 0. The van der Waals surface area contributed by atoms with Gasteiger partial charge in [-0.3, -0.25) is 14.5 Å². The highest BCUT2D eigenvalue weighted by molar-refractivity contribution is 6.30. The molecule has 6 nitrogen and oxygen atoms in total. The molecule has 0 unspecified atom stereocenters. The lowest BCUT2D eigenvalue weighted by atomic mass is 10.0. The number of benzene rings is 2. The second kappa shape index (κ2) is 9.92. The Balaban J connectivity index is 1.79. The van der Waals surface area contributed by atoms with E-state index in [2.05, 4.69) is 5.32 Å². The Bertz CT molecular complexity index is 1040. The van der Waals surface area contributed by atoms with E-state index in [1.54, 1.807) is 67.8 Å². The zero-order chi connectivity index (χ0) is 22.5. The lowest BCUT2D eigenvalue weighted by Crippen LogP contribution is -2.46. The normalized spacial score (nSPS) is 14.7. The van der Waals surface area contributed by atoms with Crippen LogP contribution < -0.4 is 15.0 Å². The molecule has 1 N–H and O–H groups in total. The number of anilines is 1. The monoisotopic (exact) mass is 452 g/mol. The summed E-state index contributed by atoms with van der Waals surface area (Å²) in [5.41, 5.74) is 1.20. The van der Waals surface area contributed by atoms with Gasteiger partial charge in [0.1, 0.15) is 11.8 Å². The van der Waals surface area contributed by atoms with Gasteiger partial charge in [0.05, 0.1) is 13.4 Å². The number of amides is 2. The van der Waals surface area contributed by atoms with E-state index in [0.717, 1.165) is 25.7 Å². The maximum Gasteiger partial charge on any atom is 0.294 e. The van der Waals surface area contributed by atoms with Crippen molar-refractivity contribution < 1.29 is 18.7 Å². The molecule has 2 amide bonds. The summed E-state index contributed by atoms with van der Waals surface area (Å²) in [6.07, 6.45) is 5.49. The van der Waals surface area contributed by atoms with Crippen LogP contribution in [-0.4, -0.2) is 25.0 Å². The van der Waals surface area contributed by atoms with Gasteiger partial charge in [-0.25, -0.2) is 0 Å². The Kier molecular flexibility index (Phi) is 6.81. The van der Waals surface area contributed by atoms with Crippen LogP contribution in [0.15, 0.2) is 71.3 Å². The van der Waals surface area contributed by atoms with Crippen LogP contribution in [0.4, 0.5) is 5.69 Å². The summed E-state index contributed by atoms with van der Waals surface area (Å²) in [5.74, 6) is 0.155. The summed E-state index contributed by atoms with van der Waals surface area (Å²) in [4.78, 5) is 28.6. The van der Waals surface area contributed by atoms with Gasteiger partial charge in [0, 0.05) is 16.8 Å². The highest BCUT2D eigenvalue weighted by Gasteiger charge is 2.35. The lowest BCUT2D eigenvalue weighted by molar-refractivity contribution is -0.123. The van der Waals surface area contributed by atoms with E-state index in [-0.39, 0.29) is 17.7 Å². The fourth-order valence-corrected chi connectivity index (χ4v) is 4.18. The van der Waals surface area contributed by atoms with Crippen molar-refractivity contribution in [3.63, 3.8) is 0 Å². The molecule has 0 saturated heterocycles. The Labute approximate surface area is 192 Å². The van der Waals surface area contributed by atoms with Crippen molar-refractivity contribution in [1.82, 2.24) is 5.32 Å². The molecule has 1 heterocycles. The SMILES string of the molecule is COc1ccc([C@H](C(=O)NC2CCCC2)N(C(=O)c2ccco2)c2ccc(Cl)cc2)cc1. The third kappa shape index (κ3) is 4.81. The molecule has 166 valence electrons. The molecule has 1 saturated carbocycles. The van der Waals surface area contributed by atoms with Gasteiger partial charge < -0.3 is 14.5 Å². The average molecular weight is 453 g/mol. The quantitative estimate of drug-likeness (QED) is 0.521. The maximum atomic E-state index is 13.6. The van der Waals surface area contributed by atoms with Gasteiger partial charge in [0.25, 0.3) is 5.91 Å². The average Bonchev–Trinajstić information content (AvgIpc) is 3.52. The van der Waals surface area contributed by atoms with Crippen molar-refractivity contribution >= 4 is 29.1 Å². The molecule has 0 radical (unpaired) electrons. The van der Waals surface area contributed by atoms with Crippen molar-refractivity contribution in [3.05, 3.63) is 83.3 Å². The number of nitrogens with one attached hydrogen (secondary N) is 1. The molecule has 1 aliphatic carbocycles. The summed E-state index contributed by atoms with van der Waals surface area (Å²) in [7, 11) is 1.58. The fraction of sp³-hybridized carbons (Fsp3) is 0.280. The predicted molar refractivity (Wildman–Crippen MR) is 123 cm³/mol. The summed E-state index contributed by atoms with van der Waals surface area (Å²) < 4.78 is 10.7. The molecule has 32 heavy (non-hydrogen) atoms. The van der Waals surface area contributed by atoms with Crippen LogP contribution in [0.2, 0.25) is 5.02 Å². The van der Waals surface area contributed by atoms with Gasteiger partial charge in [-0.15, -0.1) is 0 Å². The van der Waals surface area contributed by atoms with Crippen LogP contribution in [0.25, 0.3) is 0 Å². The molecular weight excluding hydrogens is 428 g/mol. The minimum atomic E-state index is -0.903. The van der Waals surface area contributed by atoms with Gasteiger partial charge in [0.2, 0.25) is 5.91 Å². The van der Waals surface area contributed by atoms with Crippen LogP contribution in [-0.2, 0) is 4.79 Å². The van der Waals surface area contributed by atoms with E-state index in [1.165, 1.54) is 11.2 Å². The molecule has 0 spiro atoms. The number of carbonyl (C=O) groups excluding carboxylic acids is 2. The first kappa shape index (κ1) is 22.0. The van der Waals surface area contributed by atoms with Gasteiger partial charge in [0.15, 0.2) is 5.76 Å². The third-order valence-corrected chi connectivity index (χ3v) is 5.95. The zero-order valence-electron chi connectivity index (χ0n) is 17.8. The minimum Gasteiger partial charge on any atom is -0.497 e. The smallest absolute Gasteiger partial charge is 0.294 e. The first-order chi connectivity index (χ1) is 15.6. The molecule has 2 aromatic carbocycles. The van der Waals surface area contributed by atoms with Crippen LogP contribution >= 0.6 is 11.6 Å². The fourth-order valence-electron chi connectivity index (χ4n) is 4.06. The molecule has 3 aromatic rings. The number of methoxy groups -OCH3 is 1. The highest BCUT2D eigenvalue weighted by atomic mass is 35.5. The molecule has 0 aliphatic heterocycles. The van der Waals surface area contributed by atoms with Crippen LogP contribution in [0, 0.1) is 0 Å². The zero-order valence-corrected chi connectivity index (χ0v) is 18.5. The van der Waals surface area contributed by atoms with Gasteiger partial charge in [-0.2, -0.15) is 0 Å². The Morgan fingerprint density at radius 2 is 1.75 bits per heavy atom. The number of rotatable bonds is 7. The lowest BCUT2D eigenvalue weighted by Gasteiger charge is -2.32. The van der Waals surface area contributed by atoms with Crippen LogP contribution in [0.1, 0.15) is 47.8 Å². The summed E-state index contributed by atoms with van der Waals surface area (Å²) >= 11 is 6.09. The molecule has 4 rings (SSSR count). The van der Waals surface area contributed by atoms with E-state index in [4.69, 9.17) is 20.8 Å². The largest absolute Gasteiger partial charge is 0.497 e. The second-order valence-electron chi connectivity index (χ2n) is 7.79. The molecule has 1 aromatic heterocycles. The molecule has 0 bridgehead atoms. The number of ether oxygens (including phenoxy) is 1. The van der Waals surface area contributed by atoms with E-state index in [0.29, 0.717) is 22.0 Å². The topological polar surface area (TPSA) is 71.8 Å². The molecular formula is C25H25ClN2O4. The maximum absolute atomic E-state index is 13.6. The number of hydrogen-bond acceptors (Lipinski definition) is 4. The molecule has 7 heteroatoms. The number of halogens is 1. The van der Waals surface area contributed by atoms with Crippen molar-refractivity contribution in [2.24, 2.45) is 0 Å². The van der Waals surface area contributed by atoms with Crippen LogP contribution in [0.5, 0.6) is 5.75 Å². The number of carbonyl (C=O) groups is 2. The summed E-state index contributed by atoms with van der Waals surface area (Å²) in [6, 6.07) is 16.4. The van der Waals surface area contributed by atoms with E-state index >= 15 is 0 Å². The minimum absolute atomic E-state index is 0.106. The van der Waals surface area contributed by atoms with Crippen molar-refractivity contribution in [2.75, 3.05) is 12.0 Å². The van der Waals surface area contributed by atoms with E-state index < -0.39 is 11.9 Å². The Hall–Kier alpha value is -3.25. The van der Waals surface area contributed by atoms with Crippen molar-refractivity contribution in [3.8, 4) is 5.75 Å². The molecule has 1 fully saturated rings. The molecule has 1 atom stereocenters. The second-order valence-corrected chi connectivity index (χ2v) is 8.23. The number of hydrogen-bond donors (Lipinski definition) is 1. The third-order valence-electron chi connectivity index (χ3n) is 5.70. The van der Waals surface area contributed by atoms with E-state index in [1.807, 2.05) is 0 Å². The number of furan rings is 1. The summed E-state index contributed by atoms with van der Waals surface area (Å²) in [5, 5.41) is 3.68. The van der Waals surface area contributed by atoms with Gasteiger partial charge in [-0.05, 0) is 66.9 Å². The van der Waals surface area contributed by atoms with Crippen molar-refractivity contribution in [1.29, 1.82) is 0 Å². The van der Waals surface area contributed by atoms with Crippen LogP contribution in [0.3, 0.4) is 0 Å². The first-order valence-electron chi connectivity index (χ1n) is 10.6. The van der Waals surface area contributed by atoms with Crippen molar-refractivity contribution in [2.45, 2.75) is 37.8 Å². The highest BCUT2D eigenvalue weighted by Crippen LogP contribution is 2.32. The number of nitrogens with zero attached hydrogens (tertiary/aromatic N) is 1. The molecule has 1 aliphatic rings. The van der Waals surface area contributed by atoms with Gasteiger partial charge in [-0.1, -0.05) is 36.6 Å². The van der Waals surface area contributed by atoms with E-state index in [9.17, 15) is 9.59 Å². The predicted octanol–water partition coefficient (Wildman–Crippen LogP) is 5.39.